The van der Waals surface area contributed by atoms with Crippen LogP contribution in [0, 0.1) is 5.41 Å². The molecule has 0 rings (SSSR count). The molecule has 1 atom stereocenters. The van der Waals surface area contributed by atoms with Gasteiger partial charge in [0.15, 0.2) is 0 Å². The number of hydrogen-bond donors (Lipinski definition) is 0. The van der Waals surface area contributed by atoms with Gasteiger partial charge in [0, 0.05) is 19.8 Å². The molecule has 156 valence electrons. The zero-order valence-electron chi connectivity index (χ0n) is 18.6. The first-order valence-electron chi connectivity index (χ1n) is 11.2. The SMILES string of the molecule is CCC=CC(CCC)(CCCCCCCC)C(OCC)(OCC)OCC. The second kappa shape index (κ2) is 15.7. The van der Waals surface area contributed by atoms with Gasteiger partial charge < -0.3 is 14.2 Å². The Labute approximate surface area is 163 Å². The second-order valence-electron chi connectivity index (χ2n) is 7.09. The Balaban J connectivity index is 5.53. The van der Waals surface area contributed by atoms with Crippen LogP contribution in [0.3, 0.4) is 0 Å². The maximum Gasteiger partial charge on any atom is 0.292 e. The van der Waals surface area contributed by atoms with Crippen LogP contribution in [0.2, 0.25) is 0 Å². The average Bonchev–Trinajstić information content (AvgIpc) is 2.63. The highest BCUT2D eigenvalue weighted by atomic mass is 16.9. The van der Waals surface area contributed by atoms with E-state index in [9.17, 15) is 0 Å². The maximum absolute atomic E-state index is 6.23. The predicted molar refractivity (Wildman–Crippen MR) is 112 cm³/mol. The van der Waals surface area contributed by atoms with Crippen molar-refractivity contribution in [3.63, 3.8) is 0 Å². The first-order chi connectivity index (χ1) is 12.6. The molecule has 0 aliphatic rings. The molecule has 3 heteroatoms. The Morgan fingerprint density at radius 2 is 1.15 bits per heavy atom. The van der Waals surface area contributed by atoms with E-state index in [1.54, 1.807) is 0 Å². The normalized spacial score (nSPS) is 14.8. The Kier molecular flexibility index (Phi) is 15.4. The Bertz CT molecular complexity index is 323. The van der Waals surface area contributed by atoms with Gasteiger partial charge in [0.2, 0.25) is 0 Å². The molecule has 0 spiro atoms. The quantitative estimate of drug-likeness (QED) is 0.144. The number of rotatable bonds is 18. The van der Waals surface area contributed by atoms with E-state index in [4.69, 9.17) is 14.2 Å². The van der Waals surface area contributed by atoms with Gasteiger partial charge in [0.1, 0.15) is 0 Å². The van der Waals surface area contributed by atoms with Crippen LogP contribution >= 0.6 is 0 Å². The number of allylic oxidation sites excluding steroid dienone is 1. The molecule has 0 aliphatic carbocycles. The van der Waals surface area contributed by atoms with Crippen LogP contribution < -0.4 is 0 Å². The van der Waals surface area contributed by atoms with E-state index in [2.05, 4.69) is 32.9 Å². The maximum atomic E-state index is 6.23. The Hall–Kier alpha value is -0.380. The van der Waals surface area contributed by atoms with Gasteiger partial charge in [-0.25, -0.2) is 0 Å². The standard InChI is InChI=1S/C23H46O3/c1-7-13-15-16-17-18-21-22(19-9-3,20-14-8-2)23(24-10-4,25-11-5)26-12-6/h14,20H,7-13,15-19,21H2,1-6H3. The van der Waals surface area contributed by atoms with Crippen molar-refractivity contribution in [2.75, 3.05) is 19.8 Å². The molecule has 0 aromatic rings. The fourth-order valence-corrected chi connectivity index (χ4v) is 3.84. The van der Waals surface area contributed by atoms with Gasteiger partial charge in [0.05, 0.1) is 5.41 Å². The molecule has 0 radical (unpaired) electrons. The lowest BCUT2D eigenvalue weighted by Crippen LogP contribution is -2.54. The Morgan fingerprint density at radius 1 is 0.615 bits per heavy atom. The number of hydrogen-bond acceptors (Lipinski definition) is 3. The fraction of sp³-hybridized carbons (Fsp3) is 0.913. The van der Waals surface area contributed by atoms with Crippen molar-refractivity contribution < 1.29 is 14.2 Å². The third kappa shape index (κ3) is 8.10. The van der Waals surface area contributed by atoms with Crippen molar-refractivity contribution in [2.24, 2.45) is 5.41 Å². The Morgan fingerprint density at radius 3 is 1.62 bits per heavy atom. The van der Waals surface area contributed by atoms with E-state index in [0.29, 0.717) is 19.8 Å². The highest BCUT2D eigenvalue weighted by Gasteiger charge is 2.52. The highest BCUT2D eigenvalue weighted by molar-refractivity contribution is 5.05. The summed E-state index contributed by atoms with van der Waals surface area (Å²) in [7, 11) is 0. The van der Waals surface area contributed by atoms with Crippen LogP contribution in [0.15, 0.2) is 12.2 Å². The van der Waals surface area contributed by atoms with Crippen LogP contribution in [0.25, 0.3) is 0 Å². The lowest BCUT2D eigenvalue weighted by atomic mass is 9.75. The summed E-state index contributed by atoms with van der Waals surface area (Å²) in [6, 6.07) is 0. The lowest BCUT2D eigenvalue weighted by Gasteiger charge is -2.47. The first-order valence-corrected chi connectivity index (χ1v) is 11.2. The third-order valence-electron chi connectivity index (χ3n) is 4.96. The molecule has 0 heterocycles. The minimum atomic E-state index is -0.976. The predicted octanol–water partition coefficient (Wildman–Crippen LogP) is 7.25. The van der Waals surface area contributed by atoms with Crippen molar-refractivity contribution >= 4 is 0 Å². The topological polar surface area (TPSA) is 27.7 Å². The van der Waals surface area contributed by atoms with E-state index < -0.39 is 5.97 Å². The summed E-state index contributed by atoms with van der Waals surface area (Å²) in [5.74, 6) is -0.976. The molecule has 0 fully saturated rings. The van der Waals surface area contributed by atoms with Crippen molar-refractivity contribution in [3.8, 4) is 0 Å². The molecule has 3 nitrogen and oxygen atoms in total. The zero-order valence-corrected chi connectivity index (χ0v) is 18.6. The lowest BCUT2D eigenvalue weighted by molar-refractivity contribution is -0.421. The molecule has 0 saturated heterocycles. The summed E-state index contributed by atoms with van der Waals surface area (Å²) in [4.78, 5) is 0. The highest BCUT2D eigenvalue weighted by Crippen LogP contribution is 2.47. The smallest absolute Gasteiger partial charge is 0.292 e. The van der Waals surface area contributed by atoms with E-state index in [-0.39, 0.29) is 5.41 Å². The molecule has 0 bridgehead atoms. The van der Waals surface area contributed by atoms with Gasteiger partial charge in [0.25, 0.3) is 5.97 Å². The zero-order chi connectivity index (χ0) is 19.7. The van der Waals surface area contributed by atoms with E-state index in [0.717, 1.165) is 25.7 Å². The monoisotopic (exact) mass is 370 g/mol. The minimum Gasteiger partial charge on any atom is -0.327 e. The fourth-order valence-electron chi connectivity index (χ4n) is 3.84. The summed E-state index contributed by atoms with van der Waals surface area (Å²) >= 11 is 0. The van der Waals surface area contributed by atoms with Crippen LogP contribution in [0.5, 0.6) is 0 Å². The van der Waals surface area contributed by atoms with Gasteiger partial charge in [-0.1, -0.05) is 77.9 Å². The summed E-state index contributed by atoms with van der Waals surface area (Å²) in [6.07, 6.45) is 16.5. The molecule has 0 aromatic carbocycles. The van der Waals surface area contributed by atoms with Crippen LogP contribution in [0.1, 0.15) is 106 Å². The summed E-state index contributed by atoms with van der Waals surface area (Å²) in [5.41, 5.74) is -0.232. The van der Waals surface area contributed by atoms with Crippen molar-refractivity contribution in [3.05, 3.63) is 12.2 Å². The third-order valence-corrected chi connectivity index (χ3v) is 4.96. The summed E-state index contributed by atoms with van der Waals surface area (Å²) in [6.45, 7) is 14.5. The molecule has 0 amide bonds. The average molecular weight is 371 g/mol. The van der Waals surface area contributed by atoms with Gasteiger partial charge in [-0.2, -0.15) is 0 Å². The van der Waals surface area contributed by atoms with E-state index in [1.807, 2.05) is 20.8 Å². The molecule has 0 aromatic heterocycles. The second-order valence-corrected chi connectivity index (χ2v) is 7.09. The van der Waals surface area contributed by atoms with Gasteiger partial charge >= 0.3 is 0 Å². The van der Waals surface area contributed by atoms with E-state index >= 15 is 0 Å². The number of unbranched alkanes of at least 4 members (excludes halogenated alkanes) is 5. The minimum absolute atomic E-state index is 0.232. The van der Waals surface area contributed by atoms with Crippen LogP contribution in [0.4, 0.5) is 0 Å². The van der Waals surface area contributed by atoms with E-state index in [1.165, 1.54) is 38.5 Å². The molecule has 0 N–H and O–H groups in total. The molecular formula is C23H46O3. The van der Waals surface area contributed by atoms with Crippen molar-refractivity contribution in [1.29, 1.82) is 0 Å². The van der Waals surface area contributed by atoms with Gasteiger partial charge in [-0.3, -0.25) is 0 Å². The van der Waals surface area contributed by atoms with Gasteiger partial charge in [-0.05, 0) is 40.0 Å². The van der Waals surface area contributed by atoms with Crippen LogP contribution in [-0.2, 0) is 14.2 Å². The molecule has 26 heavy (non-hydrogen) atoms. The summed E-state index contributed by atoms with van der Waals surface area (Å²) < 4.78 is 18.7. The van der Waals surface area contributed by atoms with Crippen LogP contribution in [-0.4, -0.2) is 25.8 Å². The molecule has 0 aliphatic heterocycles. The van der Waals surface area contributed by atoms with Crippen molar-refractivity contribution in [2.45, 2.75) is 112 Å². The first kappa shape index (κ1) is 25.6. The van der Waals surface area contributed by atoms with Gasteiger partial charge in [-0.15, -0.1) is 0 Å². The van der Waals surface area contributed by atoms with Crippen molar-refractivity contribution in [1.82, 2.24) is 0 Å². The summed E-state index contributed by atoms with van der Waals surface area (Å²) in [5, 5.41) is 0. The molecule has 0 saturated carbocycles. The molecule has 1 unspecified atom stereocenters. The molecular weight excluding hydrogens is 324 g/mol. The largest absolute Gasteiger partial charge is 0.327 e. The number of ether oxygens (including phenoxy) is 3.